The van der Waals surface area contributed by atoms with Gasteiger partial charge in [-0.15, -0.1) is 0 Å². The van der Waals surface area contributed by atoms with E-state index in [0.717, 1.165) is 33.8 Å². The second kappa shape index (κ2) is 11.5. The van der Waals surface area contributed by atoms with E-state index in [1.54, 1.807) is 0 Å². The topological polar surface area (TPSA) is 159 Å². The van der Waals surface area contributed by atoms with Gasteiger partial charge in [0.2, 0.25) is 6.41 Å². The zero-order valence-corrected chi connectivity index (χ0v) is 20.4. The van der Waals surface area contributed by atoms with E-state index in [1.165, 1.54) is 0 Å². The van der Waals surface area contributed by atoms with Crippen molar-refractivity contribution in [3.63, 3.8) is 0 Å². The van der Waals surface area contributed by atoms with Crippen LogP contribution in [0.15, 0.2) is 60.7 Å². The Kier molecular flexibility index (Phi) is 8.00. The monoisotopic (exact) mass is 522 g/mol. The van der Waals surface area contributed by atoms with E-state index < -0.39 is 17.9 Å². The first-order valence-corrected chi connectivity index (χ1v) is 12.4. The molecular weight excluding hydrogens is 500 g/mol. The van der Waals surface area contributed by atoms with Crippen molar-refractivity contribution in [1.29, 1.82) is 0 Å². The highest BCUT2D eigenvalue weighted by atomic mass is 32.1. The van der Waals surface area contributed by atoms with Gasteiger partial charge in [0.25, 0.3) is 11.8 Å². The third-order valence-electron chi connectivity index (χ3n) is 4.95. The fourth-order valence-corrected chi connectivity index (χ4v) is 4.87. The lowest BCUT2D eigenvalue weighted by Gasteiger charge is -2.11. The molecule has 36 heavy (non-hydrogen) atoms. The number of nitrogens with two attached hydrogens (primary N) is 1. The molecule has 0 saturated heterocycles. The Morgan fingerprint density at radius 2 is 1.36 bits per heavy atom. The Balaban J connectivity index is 1.32. The Morgan fingerprint density at radius 3 is 1.92 bits per heavy atom. The zero-order chi connectivity index (χ0) is 25.5. The molecule has 10 nitrogen and oxygen atoms in total. The normalized spacial score (nSPS) is 11.5. The van der Waals surface area contributed by atoms with Crippen LogP contribution in [0.1, 0.15) is 19.6 Å². The average molecular weight is 523 g/mol. The molecule has 0 aliphatic heterocycles. The van der Waals surface area contributed by atoms with Gasteiger partial charge in [0.05, 0.1) is 6.10 Å². The molecule has 12 heteroatoms. The number of nitrogens with zero attached hydrogens (tertiary/aromatic N) is 2. The highest BCUT2D eigenvalue weighted by Crippen LogP contribution is 2.33. The Hall–Kier alpha value is -4.13. The molecule has 0 saturated carbocycles. The van der Waals surface area contributed by atoms with E-state index in [1.807, 2.05) is 60.7 Å². The number of thiazole rings is 2. The Morgan fingerprint density at radius 1 is 0.861 bits per heavy atom. The molecule has 4 rings (SSSR count). The Labute approximate surface area is 214 Å². The number of hydrogen-bond donors (Lipinski definition) is 5. The van der Waals surface area contributed by atoms with Crippen molar-refractivity contribution in [2.75, 3.05) is 24.1 Å². The van der Waals surface area contributed by atoms with E-state index in [-0.39, 0.29) is 23.1 Å². The summed E-state index contributed by atoms with van der Waals surface area (Å²) in [5.41, 5.74) is 8.58. The van der Waals surface area contributed by atoms with Crippen molar-refractivity contribution in [3.05, 3.63) is 70.7 Å². The molecule has 2 heterocycles. The fourth-order valence-electron chi connectivity index (χ4n) is 3.24. The van der Waals surface area contributed by atoms with Gasteiger partial charge in [-0.25, -0.2) is 9.97 Å². The summed E-state index contributed by atoms with van der Waals surface area (Å²) < 4.78 is 0. The molecule has 4 aromatic rings. The lowest BCUT2D eigenvalue weighted by atomic mass is 10.2. The summed E-state index contributed by atoms with van der Waals surface area (Å²) in [6, 6.07) is 18.4. The maximum Gasteiger partial charge on any atom is 0.280 e. The first kappa shape index (κ1) is 25.0. The van der Waals surface area contributed by atoms with Crippen molar-refractivity contribution in [1.82, 2.24) is 20.6 Å². The number of nitrogen functional groups attached to an aromatic ring is 1. The number of benzene rings is 2. The van der Waals surface area contributed by atoms with Gasteiger partial charge in [0, 0.05) is 24.2 Å². The number of aromatic nitrogens is 2. The van der Waals surface area contributed by atoms with Crippen LogP contribution in [0.2, 0.25) is 0 Å². The smallest absolute Gasteiger partial charge is 0.280 e. The zero-order valence-electron chi connectivity index (χ0n) is 18.8. The van der Waals surface area contributed by atoms with E-state index in [9.17, 15) is 19.5 Å². The average Bonchev–Trinajstić information content (AvgIpc) is 3.51. The summed E-state index contributed by atoms with van der Waals surface area (Å²) in [4.78, 5) is 44.7. The van der Waals surface area contributed by atoms with E-state index >= 15 is 0 Å². The van der Waals surface area contributed by atoms with Crippen molar-refractivity contribution in [3.8, 4) is 22.5 Å². The molecule has 0 spiro atoms. The number of carbonyl (C=O) groups excluding carboxylic acids is 3. The molecule has 2 aromatic carbocycles. The number of carbonyl (C=O) groups is 3. The van der Waals surface area contributed by atoms with Crippen LogP contribution in [-0.2, 0) is 4.79 Å². The number of anilines is 2. The maximum absolute atomic E-state index is 12.6. The van der Waals surface area contributed by atoms with Crippen LogP contribution in [0.25, 0.3) is 22.5 Å². The van der Waals surface area contributed by atoms with Gasteiger partial charge < -0.3 is 26.8 Å². The largest absolute Gasteiger partial charge is 0.389 e. The maximum atomic E-state index is 12.6. The second-order valence-electron chi connectivity index (χ2n) is 7.50. The third-order valence-corrected chi connectivity index (χ3v) is 6.82. The first-order valence-electron chi connectivity index (χ1n) is 10.8. The summed E-state index contributed by atoms with van der Waals surface area (Å²) in [6.45, 7) is -0.227. The van der Waals surface area contributed by atoms with E-state index in [2.05, 4.69) is 25.9 Å². The SMILES string of the molecule is Nc1sc(C(=O)NCC(O)CNC(=O)c2nc(-c3ccccc3)c(NC=O)s2)nc1-c1ccccc1. The molecule has 0 fully saturated rings. The number of rotatable bonds is 10. The quantitative estimate of drug-likeness (QED) is 0.200. The van der Waals surface area contributed by atoms with Gasteiger partial charge in [-0.2, -0.15) is 0 Å². The summed E-state index contributed by atoms with van der Waals surface area (Å²) in [6.07, 6.45) is -0.530. The summed E-state index contributed by atoms with van der Waals surface area (Å²) >= 11 is 2.08. The minimum absolute atomic E-state index is 0.107. The number of nitrogens with one attached hydrogen (secondary N) is 3. The standard InChI is InChI=1S/C24H22N6O4S2/c25-19-17(14-7-3-1-4-8-14)29-23(35-19)20(33)26-11-16(32)12-27-21(34)24-30-18(22(36-24)28-13-31)15-9-5-2-6-10-15/h1-10,13,16,32H,11-12,25H2,(H,26,33)(H,27,34)(H,28,31). The van der Waals surface area contributed by atoms with Crippen LogP contribution >= 0.6 is 22.7 Å². The molecule has 1 atom stereocenters. The van der Waals surface area contributed by atoms with Crippen molar-refractivity contribution < 1.29 is 19.5 Å². The lowest BCUT2D eigenvalue weighted by molar-refractivity contribution is -0.105. The van der Waals surface area contributed by atoms with Gasteiger partial charge in [-0.05, 0) is 0 Å². The van der Waals surface area contributed by atoms with Crippen LogP contribution < -0.4 is 21.7 Å². The van der Waals surface area contributed by atoms with Crippen molar-refractivity contribution in [2.45, 2.75) is 6.10 Å². The summed E-state index contributed by atoms with van der Waals surface area (Å²) in [5, 5.41) is 19.2. The van der Waals surface area contributed by atoms with Crippen LogP contribution in [0.4, 0.5) is 10.0 Å². The van der Waals surface area contributed by atoms with Gasteiger partial charge in [0.1, 0.15) is 21.4 Å². The molecule has 2 aromatic heterocycles. The molecule has 3 amide bonds. The number of aliphatic hydroxyl groups is 1. The number of hydrogen-bond acceptors (Lipinski definition) is 9. The first-order chi connectivity index (χ1) is 17.5. The molecule has 0 bridgehead atoms. The number of aliphatic hydroxyl groups excluding tert-OH is 1. The van der Waals surface area contributed by atoms with Gasteiger partial charge in [-0.1, -0.05) is 83.3 Å². The molecule has 0 aliphatic carbocycles. The molecule has 0 radical (unpaired) electrons. The van der Waals surface area contributed by atoms with Crippen LogP contribution in [-0.4, -0.2) is 52.5 Å². The van der Waals surface area contributed by atoms with Crippen molar-refractivity contribution >= 4 is 50.9 Å². The third kappa shape index (κ3) is 5.92. The minimum atomic E-state index is -1.05. The van der Waals surface area contributed by atoms with Crippen LogP contribution in [0, 0.1) is 0 Å². The second-order valence-corrected chi connectivity index (χ2v) is 9.53. The number of amides is 3. The van der Waals surface area contributed by atoms with Crippen LogP contribution in [0.3, 0.4) is 0 Å². The highest BCUT2D eigenvalue weighted by molar-refractivity contribution is 7.18. The lowest BCUT2D eigenvalue weighted by Crippen LogP contribution is -2.40. The van der Waals surface area contributed by atoms with Crippen molar-refractivity contribution in [2.24, 2.45) is 0 Å². The predicted molar refractivity (Wildman–Crippen MR) is 140 cm³/mol. The van der Waals surface area contributed by atoms with E-state index in [4.69, 9.17) is 5.73 Å². The molecular formula is C24H22N6O4S2. The van der Waals surface area contributed by atoms with Gasteiger partial charge >= 0.3 is 0 Å². The molecule has 0 aliphatic rings. The highest BCUT2D eigenvalue weighted by Gasteiger charge is 2.20. The van der Waals surface area contributed by atoms with Gasteiger partial charge in [0.15, 0.2) is 10.0 Å². The summed E-state index contributed by atoms with van der Waals surface area (Å²) in [7, 11) is 0. The summed E-state index contributed by atoms with van der Waals surface area (Å²) in [5.74, 6) is -0.988. The minimum Gasteiger partial charge on any atom is -0.389 e. The predicted octanol–water partition coefficient (Wildman–Crippen LogP) is 2.60. The fraction of sp³-hybridized carbons (Fsp3) is 0.125. The van der Waals surface area contributed by atoms with Crippen LogP contribution in [0.5, 0.6) is 0 Å². The Bertz CT molecular complexity index is 1360. The van der Waals surface area contributed by atoms with E-state index in [0.29, 0.717) is 27.8 Å². The van der Waals surface area contributed by atoms with Gasteiger partial charge in [-0.3, -0.25) is 14.4 Å². The molecule has 1 unspecified atom stereocenters. The molecule has 6 N–H and O–H groups in total. The molecule has 184 valence electrons.